The summed E-state index contributed by atoms with van der Waals surface area (Å²) < 4.78 is 37.9. The predicted octanol–water partition coefficient (Wildman–Crippen LogP) is 7.76. The molecule has 9 heteroatoms. The number of nitrogens with zero attached hydrogens (tertiary/aromatic N) is 1. The minimum Gasteiger partial charge on any atom is -0.493 e. The molecule has 3 heterocycles. The van der Waals surface area contributed by atoms with Crippen molar-refractivity contribution in [3.05, 3.63) is 58.4 Å². The van der Waals surface area contributed by atoms with Crippen molar-refractivity contribution in [3.63, 3.8) is 0 Å². The zero-order valence-electron chi connectivity index (χ0n) is 28.0. The van der Waals surface area contributed by atoms with Gasteiger partial charge in [-0.05, 0) is 89.4 Å². The van der Waals surface area contributed by atoms with Crippen molar-refractivity contribution in [1.82, 2.24) is 9.55 Å². The largest absolute Gasteiger partial charge is 0.493 e. The molecule has 2 aromatic heterocycles. The van der Waals surface area contributed by atoms with Crippen LogP contribution in [0.15, 0.2) is 47.3 Å². The van der Waals surface area contributed by atoms with Crippen LogP contribution in [0.1, 0.15) is 47.1 Å². The van der Waals surface area contributed by atoms with Crippen LogP contribution in [-0.4, -0.2) is 49.2 Å². The second-order valence-corrected chi connectivity index (χ2v) is 12.4. The van der Waals surface area contributed by atoms with Crippen LogP contribution in [0.25, 0.3) is 44.2 Å². The van der Waals surface area contributed by atoms with E-state index in [0.29, 0.717) is 52.1 Å². The number of nitrogens with one attached hydrogen (secondary N) is 1. The Balaban J connectivity index is 1.75. The molecule has 0 bridgehead atoms. The fourth-order valence-electron chi connectivity index (χ4n) is 6.40. The molecular formula is C37H42N2O7. The standard InChI is InChI=1S/C37H42N2O7/c1-19(2)44-27-11-10-23(15-28(27)41-7)33-34-25-17-30(43-9)32(46-21(5)6)18-26(25)38-37(40)36(34)39-13-12-22-14-31(45-20(3)4)29(42-8)16-24(22)35(33)39/h10-11,14-21H,12-13H2,1-9H3,(H,38,40). The number of pyridine rings is 1. The topological polar surface area (TPSA) is 93.2 Å². The number of aryl methyl sites for hydroxylation is 2. The second-order valence-electron chi connectivity index (χ2n) is 12.4. The third-order valence-electron chi connectivity index (χ3n) is 8.09. The van der Waals surface area contributed by atoms with Gasteiger partial charge < -0.3 is 38.0 Å². The van der Waals surface area contributed by atoms with Gasteiger partial charge in [0.15, 0.2) is 34.5 Å². The molecule has 46 heavy (non-hydrogen) atoms. The molecule has 0 saturated carbocycles. The van der Waals surface area contributed by atoms with Crippen LogP contribution in [-0.2, 0) is 13.0 Å². The van der Waals surface area contributed by atoms with Gasteiger partial charge in [-0.2, -0.15) is 0 Å². The van der Waals surface area contributed by atoms with Crippen LogP contribution < -0.4 is 34.0 Å². The minimum atomic E-state index is -0.183. The van der Waals surface area contributed by atoms with Gasteiger partial charge in [0.25, 0.3) is 5.56 Å². The highest BCUT2D eigenvalue weighted by atomic mass is 16.5. The van der Waals surface area contributed by atoms with Gasteiger partial charge in [-0.1, -0.05) is 6.07 Å². The molecule has 0 amide bonds. The van der Waals surface area contributed by atoms with E-state index in [1.165, 1.54) is 0 Å². The SMILES string of the molecule is COc1cc(-c2c3n(c4c(=O)[nH]c5cc(OC(C)C)c(OC)cc5c24)CCc2cc(OC(C)C)c(OC)cc2-3)ccc1OC(C)C. The zero-order chi connectivity index (χ0) is 32.9. The van der Waals surface area contributed by atoms with Crippen LogP contribution >= 0.6 is 0 Å². The highest BCUT2D eigenvalue weighted by Crippen LogP contribution is 2.50. The number of ether oxygens (including phenoxy) is 6. The van der Waals surface area contributed by atoms with Crippen molar-refractivity contribution in [3.8, 4) is 56.9 Å². The lowest BCUT2D eigenvalue weighted by Gasteiger charge is -2.24. The molecule has 6 rings (SSSR count). The monoisotopic (exact) mass is 626 g/mol. The number of rotatable bonds is 10. The minimum absolute atomic E-state index is 0.0129. The third kappa shape index (κ3) is 5.37. The summed E-state index contributed by atoms with van der Waals surface area (Å²) in [5.74, 6) is 3.73. The van der Waals surface area contributed by atoms with Gasteiger partial charge in [0.2, 0.25) is 0 Å². The maximum atomic E-state index is 14.1. The Morgan fingerprint density at radius 2 is 1.28 bits per heavy atom. The van der Waals surface area contributed by atoms with E-state index >= 15 is 0 Å². The summed E-state index contributed by atoms with van der Waals surface area (Å²) in [6.07, 6.45) is 0.605. The number of hydrogen-bond acceptors (Lipinski definition) is 7. The average molecular weight is 627 g/mol. The van der Waals surface area contributed by atoms with Crippen molar-refractivity contribution < 1.29 is 28.4 Å². The third-order valence-corrected chi connectivity index (χ3v) is 8.09. The van der Waals surface area contributed by atoms with Crippen molar-refractivity contribution in [2.45, 2.75) is 72.8 Å². The number of methoxy groups -OCH3 is 3. The van der Waals surface area contributed by atoms with E-state index in [1.54, 1.807) is 21.3 Å². The maximum absolute atomic E-state index is 14.1. The number of hydrogen-bond donors (Lipinski definition) is 1. The highest BCUT2D eigenvalue weighted by molar-refractivity contribution is 6.17. The van der Waals surface area contributed by atoms with Gasteiger partial charge in [0.05, 0.1) is 50.9 Å². The summed E-state index contributed by atoms with van der Waals surface area (Å²) in [4.78, 5) is 17.2. The van der Waals surface area contributed by atoms with Crippen LogP contribution in [0.2, 0.25) is 0 Å². The highest BCUT2D eigenvalue weighted by Gasteiger charge is 2.30. The van der Waals surface area contributed by atoms with Gasteiger partial charge in [-0.15, -0.1) is 0 Å². The Morgan fingerprint density at radius 3 is 1.91 bits per heavy atom. The first-order valence-corrected chi connectivity index (χ1v) is 15.7. The van der Waals surface area contributed by atoms with Gasteiger partial charge in [-0.3, -0.25) is 4.79 Å². The van der Waals surface area contributed by atoms with E-state index in [4.69, 9.17) is 28.4 Å². The first-order valence-electron chi connectivity index (χ1n) is 15.7. The molecule has 0 aliphatic carbocycles. The van der Waals surface area contributed by atoms with E-state index in [1.807, 2.05) is 77.9 Å². The van der Waals surface area contributed by atoms with E-state index in [9.17, 15) is 4.79 Å². The molecule has 3 aromatic carbocycles. The zero-order valence-corrected chi connectivity index (χ0v) is 28.0. The lowest BCUT2D eigenvalue weighted by atomic mass is 9.91. The summed E-state index contributed by atoms with van der Waals surface area (Å²) in [6, 6.07) is 13.8. The fraction of sp³-hybridized carbons (Fsp3) is 0.378. The van der Waals surface area contributed by atoms with E-state index < -0.39 is 0 Å². The Morgan fingerprint density at radius 1 is 0.696 bits per heavy atom. The molecule has 0 spiro atoms. The summed E-state index contributed by atoms with van der Waals surface area (Å²) >= 11 is 0. The molecular weight excluding hydrogens is 584 g/mol. The lowest BCUT2D eigenvalue weighted by molar-refractivity contribution is 0.230. The molecule has 242 valence electrons. The quantitative estimate of drug-likeness (QED) is 0.169. The van der Waals surface area contributed by atoms with Gasteiger partial charge in [0.1, 0.15) is 5.52 Å². The fourth-order valence-corrected chi connectivity index (χ4v) is 6.40. The Kier molecular flexibility index (Phi) is 8.27. The van der Waals surface area contributed by atoms with Crippen LogP contribution in [0, 0.1) is 0 Å². The second kappa shape index (κ2) is 12.2. The molecule has 0 saturated heterocycles. The van der Waals surface area contributed by atoms with Gasteiger partial charge in [-0.25, -0.2) is 0 Å². The summed E-state index contributed by atoms with van der Waals surface area (Å²) in [7, 11) is 4.91. The lowest BCUT2D eigenvalue weighted by Crippen LogP contribution is -2.17. The molecule has 0 fully saturated rings. The molecule has 0 atom stereocenters. The Bertz CT molecular complexity index is 2000. The molecule has 5 aromatic rings. The molecule has 1 aliphatic heterocycles. The van der Waals surface area contributed by atoms with Gasteiger partial charge >= 0.3 is 0 Å². The molecule has 0 unspecified atom stereocenters. The summed E-state index contributed by atoms with van der Waals surface area (Å²) in [5, 5.41) is 1.66. The molecule has 1 N–H and O–H groups in total. The van der Waals surface area contributed by atoms with Crippen molar-refractivity contribution in [1.29, 1.82) is 0 Å². The van der Waals surface area contributed by atoms with Crippen LogP contribution in [0.5, 0.6) is 34.5 Å². The van der Waals surface area contributed by atoms with Crippen LogP contribution in [0.4, 0.5) is 0 Å². The molecule has 1 aliphatic rings. The number of aromatic nitrogens is 2. The molecule has 0 radical (unpaired) electrons. The van der Waals surface area contributed by atoms with E-state index in [-0.39, 0.29) is 23.9 Å². The number of benzene rings is 3. The van der Waals surface area contributed by atoms with E-state index in [0.717, 1.165) is 45.1 Å². The van der Waals surface area contributed by atoms with Crippen LogP contribution in [0.3, 0.4) is 0 Å². The number of H-pyrrole nitrogens is 1. The first-order chi connectivity index (χ1) is 22.0. The van der Waals surface area contributed by atoms with Crippen molar-refractivity contribution in [2.24, 2.45) is 0 Å². The summed E-state index contributed by atoms with van der Waals surface area (Å²) in [5.41, 5.74) is 5.86. The first kappa shape index (κ1) is 31.2. The van der Waals surface area contributed by atoms with E-state index in [2.05, 4.69) is 15.6 Å². The number of aromatic amines is 1. The Labute approximate surface area is 268 Å². The van der Waals surface area contributed by atoms with Crippen molar-refractivity contribution in [2.75, 3.05) is 21.3 Å². The average Bonchev–Trinajstić information content (AvgIpc) is 3.36. The van der Waals surface area contributed by atoms with Crippen molar-refractivity contribution >= 4 is 21.8 Å². The molecule has 9 nitrogen and oxygen atoms in total. The van der Waals surface area contributed by atoms with Gasteiger partial charge in [0, 0.05) is 34.5 Å². The maximum Gasteiger partial charge on any atom is 0.272 e. The predicted molar refractivity (Wildman–Crippen MR) is 182 cm³/mol. The smallest absolute Gasteiger partial charge is 0.272 e. The summed E-state index contributed by atoms with van der Waals surface area (Å²) in [6.45, 7) is 12.5. The normalized spacial score (nSPS) is 12.5. The number of fused-ring (bicyclic) bond motifs is 7. The Hall–Kier alpha value is -4.79.